The third-order valence-corrected chi connectivity index (χ3v) is 5.77. The van der Waals surface area contributed by atoms with E-state index in [1.807, 2.05) is 12.1 Å². The van der Waals surface area contributed by atoms with Crippen molar-refractivity contribution in [3.05, 3.63) is 42.2 Å². The zero-order chi connectivity index (χ0) is 15.1. The number of thiazole rings is 2. The van der Waals surface area contributed by atoms with Crippen LogP contribution in [0, 0.1) is 5.82 Å². The predicted octanol–water partition coefficient (Wildman–Crippen LogP) is 5.51. The smallest absolute Gasteiger partial charge is 0.190 e. The zero-order valence-electron chi connectivity index (χ0n) is 11.5. The second kappa shape index (κ2) is 5.49. The Morgan fingerprint density at radius 2 is 1.86 bits per heavy atom. The van der Waals surface area contributed by atoms with Crippen molar-refractivity contribution in [3.8, 4) is 0 Å². The molecule has 0 saturated heterocycles. The Morgan fingerprint density at radius 1 is 1.05 bits per heavy atom. The molecule has 0 spiro atoms. The summed E-state index contributed by atoms with van der Waals surface area (Å²) in [7, 11) is 0. The molecule has 3 nitrogen and oxygen atoms in total. The minimum atomic E-state index is -0.296. The number of rotatable bonds is 3. The number of aromatic nitrogens is 2. The van der Waals surface area contributed by atoms with Gasteiger partial charge in [0.2, 0.25) is 0 Å². The van der Waals surface area contributed by atoms with E-state index in [4.69, 9.17) is 0 Å². The lowest BCUT2D eigenvalue weighted by Crippen LogP contribution is -1.87. The Kier molecular flexibility index (Phi) is 3.48. The summed E-state index contributed by atoms with van der Waals surface area (Å²) in [5, 5.41) is 4.62. The first-order valence-corrected chi connectivity index (χ1v) is 9.35. The summed E-state index contributed by atoms with van der Waals surface area (Å²) >= 11 is 4.71. The number of nitrogens with zero attached hydrogens (tertiary/aromatic N) is 2. The largest absolute Gasteiger partial charge is 0.307 e. The highest BCUT2D eigenvalue weighted by Gasteiger charge is 2.10. The molecule has 4 rings (SSSR count). The van der Waals surface area contributed by atoms with Gasteiger partial charge in [-0.15, -0.1) is 11.8 Å². The van der Waals surface area contributed by atoms with Crippen LogP contribution in [0.15, 0.2) is 41.3 Å². The van der Waals surface area contributed by atoms with Gasteiger partial charge in [0.15, 0.2) is 10.3 Å². The molecule has 4 aromatic rings. The first kappa shape index (κ1) is 13.9. The van der Waals surface area contributed by atoms with Crippen molar-refractivity contribution in [2.75, 3.05) is 11.6 Å². The number of halogens is 1. The van der Waals surface area contributed by atoms with Gasteiger partial charge >= 0.3 is 0 Å². The molecule has 0 aliphatic carbocycles. The summed E-state index contributed by atoms with van der Waals surface area (Å²) in [5.41, 5.74) is 1.36. The lowest BCUT2D eigenvalue weighted by molar-refractivity contribution is 0.637. The van der Waals surface area contributed by atoms with Crippen LogP contribution in [-0.2, 0) is 0 Å². The van der Waals surface area contributed by atoms with E-state index in [0.717, 1.165) is 20.0 Å². The molecule has 0 aliphatic rings. The second-order valence-electron chi connectivity index (χ2n) is 4.58. The Bertz CT molecular complexity index is 977. The number of benzene rings is 2. The van der Waals surface area contributed by atoms with Crippen molar-refractivity contribution in [1.82, 2.24) is 9.97 Å². The molecular formula is C15H10FN3S3. The highest BCUT2D eigenvalue weighted by atomic mass is 32.2. The summed E-state index contributed by atoms with van der Waals surface area (Å²) < 4.78 is 15.6. The van der Waals surface area contributed by atoms with E-state index < -0.39 is 0 Å². The maximum atomic E-state index is 13.7. The Labute approximate surface area is 138 Å². The van der Waals surface area contributed by atoms with Gasteiger partial charge in [-0.05, 0) is 36.6 Å². The highest BCUT2D eigenvalue weighted by molar-refractivity contribution is 7.98. The lowest BCUT2D eigenvalue weighted by atomic mass is 10.3. The Hall–Kier alpha value is -1.70. The maximum absolute atomic E-state index is 13.7. The number of anilines is 2. The van der Waals surface area contributed by atoms with Crippen molar-refractivity contribution in [1.29, 1.82) is 0 Å². The molecule has 0 bridgehead atoms. The van der Waals surface area contributed by atoms with Crippen LogP contribution in [0.1, 0.15) is 0 Å². The van der Waals surface area contributed by atoms with Crippen LogP contribution in [-0.4, -0.2) is 16.2 Å². The van der Waals surface area contributed by atoms with Gasteiger partial charge in [-0.2, -0.15) is 0 Å². The van der Waals surface area contributed by atoms with Gasteiger partial charge in [0, 0.05) is 4.90 Å². The predicted molar refractivity (Wildman–Crippen MR) is 94.3 cm³/mol. The molecule has 22 heavy (non-hydrogen) atoms. The van der Waals surface area contributed by atoms with Crippen LogP contribution in [0.4, 0.5) is 14.7 Å². The molecule has 0 radical (unpaired) electrons. The fourth-order valence-electron chi connectivity index (χ4n) is 2.15. The normalized spacial score (nSPS) is 11.4. The van der Waals surface area contributed by atoms with Crippen LogP contribution in [0.3, 0.4) is 0 Å². The summed E-state index contributed by atoms with van der Waals surface area (Å²) in [6.07, 6.45) is 2.05. The van der Waals surface area contributed by atoms with Gasteiger partial charge in [-0.1, -0.05) is 28.7 Å². The van der Waals surface area contributed by atoms with Gasteiger partial charge < -0.3 is 5.32 Å². The van der Waals surface area contributed by atoms with E-state index in [1.165, 1.54) is 22.3 Å². The van der Waals surface area contributed by atoms with E-state index in [9.17, 15) is 4.39 Å². The molecule has 0 atom stereocenters. The number of thioether (sulfide) groups is 1. The van der Waals surface area contributed by atoms with Crippen molar-refractivity contribution in [2.24, 2.45) is 0 Å². The lowest BCUT2D eigenvalue weighted by Gasteiger charge is -1.93. The number of hydrogen-bond donors (Lipinski definition) is 1. The van der Waals surface area contributed by atoms with E-state index in [2.05, 4.69) is 33.7 Å². The fourth-order valence-corrected chi connectivity index (χ4v) is 4.51. The molecule has 2 aromatic heterocycles. The number of nitrogens with one attached hydrogen (secondary N) is 1. The van der Waals surface area contributed by atoms with Crippen molar-refractivity contribution in [3.63, 3.8) is 0 Å². The van der Waals surface area contributed by atoms with E-state index in [1.54, 1.807) is 29.2 Å². The monoisotopic (exact) mass is 347 g/mol. The van der Waals surface area contributed by atoms with E-state index >= 15 is 0 Å². The molecule has 0 unspecified atom stereocenters. The summed E-state index contributed by atoms with van der Waals surface area (Å²) in [4.78, 5) is 10.1. The first-order chi connectivity index (χ1) is 10.7. The zero-order valence-corrected chi connectivity index (χ0v) is 13.9. The highest BCUT2D eigenvalue weighted by Crippen LogP contribution is 2.34. The molecule has 110 valence electrons. The van der Waals surface area contributed by atoms with Crippen LogP contribution in [0.25, 0.3) is 20.4 Å². The molecule has 2 heterocycles. The first-order valence-electron chi connectivity index (χ1n) is 6.49. The maximum Gasteiger partial charge on any atom is 0.190 e. The molecule has 7 heteroatoms. The van der Waals surface area contributed by atoms with Crippen LogP contribution >= 0.6 is 34.4 Å². The van der Waals surface area contributed by atoms with Gasteiger partial charge in [-0.3, -0.25) is 0 Å². The van der Waals surface area contributed by atoms with E-state index in [0.29, 0.717) is 10.6 Å². The van der Waals surface area contributed by atoms with Crippen LogP contribution in [0.5, 0.6) is 0 Å². The third kappa shape index (κ3) is 2.45. The van der Waals surface area contributed by atoms with Gasteiger partial charge in [-0.25, -0.2) is 14.4 Å². The minimum Gasteiger partial charge on any atom is -0.307 e. The fraction of sp³-hybridized carbons (Fsp3) is 0.0667. The number of hydrogen-bond acceptors (Lipinski definition) is 6. The summed E-state index contributed by atoms with van der Waals surface area (Å²) in [6.45, 7) is 0. The summed E-state index contributed by atoms with van der Waals surface area (Å²) in [6, 6.07) is 11.2. The van der Waals surface area contributed by atoms with Gasteiger partial charge in [0.25, 0.3) is 0 Å². The average Bonchev–Trinajstić information content (AvgIpc) is 3.10. The summed E-state index contributed by atoms with van der Waals surface area (Å²) in [5.74, 6) is -0.296. The molecule has 0 fully saturated rings. The van der Waals surface area contributed by atoms with Crippen LogP contribution in [0.2, 0.25) is 0 Å². The SMILES string of the molecule is CSc1ccc2nc(Nc3nc4c(F)cccc4s3)sc2c1. The van der Waals surface area contributed by atoms with Crippen molar-refractivity contribution in [2.45, 2.75) is 4.90 Å². The molecule has 1 N–H and O–H groups in total. The van der Waals surface area contributed by atoms with Crippen molar-refractivity contribution >= 4 is 65.1 Å². The molecular weight excluding hydrogens is 337 g/mol. The quantitative estimate of drug-likeness (QED) is 0.496. The minimum absolute atomic E-state index is 0.296. The third-order valence-electron chi connectivity index (χ3n) is 3.18. The molecule has 2 aromatic carbocycles. The number of fused-ring (bicyclic) bond motifs is 2. The topological polar surface area (TPSA) is 37.8 Å². The van der Waals surface area contributed by atoms with E-state index in [-0.39, 0.29) is 5.82 Å². The molecule has 0 saturated carbocycles. The van der Waals surface area contributed by atoms with Crippen LogP contribution < -0.4 is 5.32 Å². The standard InChI is InChI=1S/C15H10FN3S3/c1-20-8-5-6-10-12(7-8)22-14(17-10)19-15-18-13-9(16)3-2-4-11(13)21-15/h2-7H,1H3,(H,17,18,19). The van der Waals surface area contributed by atoms with Crippen molar-refractivity contribution < 1.29 is 4.39 Å². The second-order valence-corrected chi connectivity index (χ2v) is 7.52. The molecule has 0 aliphatic heterocycles. The Balaban J connectivity index is 1.70. The Morgan fingerprint density at radius 3 is 2.68 bits per heavy atom. The number of para-hydroxylation sites is 1. The average molecular weight is 347 g/mol. The molecule has 0 amide bonds. The van der Waals surface area contributed by atoms with Gasteiger partial charge in [0.05, 0.1) is 14.9 Å². The van der Waals surface area contributed by atoms with Gasteiger partial charge in [0.1, 0.15) is 11.3 Å².